The van der Waals surface area contributed by atoms with Crippen LogP contribution in [0.25, 0.3) is 0 Å². The summed E-state index contributed by atoms with van der Waals surface area (Å²) < 4.78 is 6.69. The molecule has 2 rings (SSSR count). The fourth-order valence-corrected chi connectivity index (χ4v) is 2.25. The number of benzene rings is 1. The molecule has 14 heavy (non-hydrogen) atoms. The Hall–Kier alpha value is -0.540. The highest BCUT2D eigenvalue weighted by Crippen LogP contribution is 2.37. The Morgan fingerprint density at radius 1 is 1.43 bits per heavy atom. The molecular formula is C11H14BrNO. The zero-order chi connectivity index (χ0) is 10.3. The maximum Gasteiger partial charge on any atom is 0.127 e. The van der Waals surface area contributed by atoms with Gasteiger partial charge in [0.05, 0.1) is 6.61 Å². The number of hydrogen-bond donors (Lipinski definition) is 1. The van der Waals surface area contributed by atoms with E-state index in [0.29, 0.717) is 0 Å². The van der Waals surface area contributed by atoms with E-state index in [2.05, 4.69) is 22.0 Å². The van der Waals surface area contributed by atoms with Gasteiger partial charge < -0.3 is 10.5 Å². The SMILES string of the molecule is CC(C)(N)c1cc(Br)cc2c1OCC2. The van der Waals surface area contributed by atoms with E-state index in [1.807, 2.05) is 19.9 Å². The third-order valence-electron chi connectivity index (χ3n) is 2.44. The first-order valence-electron chi connectivity index (χ1n) is 4.73. The first-order chi connectivity index (χ1) is 6.48. The van der Waals surface area contributed by atoms with Gasteiger partial charge in [-0.2, -0.15) is 0 Å². The van der Waals surface area contributed by atoms with Crippen molar-refractivity contribution in [1.29, 1.82) is 0 Å². The molecule has 2 N–H and O–H groups in total. The third kappa shape index (κ3) is 1.66. The molecule has 0 atom stereocenters. The van der Waals surface area contributed by atoms with Gasteiger partial charge in [0.1, 0.15) is 5.75 Å². The van der Waals surface area contributed by atoms with Crippen molar-refractivity contribution in [2.45, 2.75) is 25.8 Å². The molecule has 0 unspecified atom stereocenters. The molecular weight excluding hydrogens is 242 g/mol. The lowest BCUT2D eigenvalue weighted by molar-refractivity contribution is 0.345. The smallest absolute Gasteiger partial charge is 0.127 e. The average molecular weight is 256 g/mol. The molecule has 0 amide bonds. The second-order valence-corrected chi connectivity index (χ2v) is 5.18. The summed E-state index contributed by atoms with van der Waals surface area (Å²) in [7, 11) is 0. The molecule has 1 aromatic rings. The van der Waals surface area contributed by atoms with Crippen LogP contribution in [0, 0.1) is 0 Å². The summed E-state index contributed by atoms with van der Waals surface area (Å²) in [6.45, 7) is 4.77. The normalized spacial score (nSPS) is 15.1. The Bertz CT molecular complexity index is 368. The van der Waals surface area contributed by atoms with Gasteiger partial charge in [0.15, 0.2) is 0 Å². The Labute approximate surface area is 92.6 Å². The maximum atomic E-state index is 6.10. The van der Waals surface area contributed by atoms with E-state index < -0.39 is 0 Å². The Morgan fingerprint density at radius 3 is 2.79 bits per heavy atom. The van der Waals surface area contributed by atoms with Gasteiger partial charge in [-0.1, -0.05) is 15.9 Å². The fourth-order valence-electron chi connectivity index (χ4n) is 1.75. The zero-order valence-electron chi connectivity index (χ0n) is 8.43. The molecule has 1 aliphatic heterocycles. The van der Waals surface area contributed by atoms with Crippen LogP contribution in [-0.2, 0) is 12.0 Å². The van der Waals surface area contributed by atoms with Crippen molar-refractivity contribution in [2.75, 3.05) is 6.61 Å². The van der Waals surface area contributed by atoms with E-state index >= 15 is 0 Å². The van der Waals surface area contributed by atoms with Crippen molar-refractivity contribution in [1.82, 2.24) is 0 Å². The minimum Gasteiger partial charge on any atom is -0.493 e. The van der Waals surface area contributed by atoms with E-state index in [0.717, 1.165) is 28.8 Å². The number of fused-ring (bicyclic) bond motifs is 1. The van der Waals surface area contributed by atoms with Crippen molar-refractivity contribution in [3.05, 3.63) is 27.7 Å². The van der Waals surface area contributed by atoms with Crippen LogP contribution in [0.2, 0.25) is 0 Å². The predicted octanol–water partition coefficient (Wildman–Crippen LogP) is 2.58. The summed E-state index contributed by atoms with van der Waals surface area (Å²) in [5.74, 6) is 0.987. The zero-order valence-corrected chi connectivity index (χ0v) is 10.0. The van der Waals surface area contributed by atoms with Crippen LogP contribution < -0.4 is 10.5 Å². The van der Waals surface area contributed by atoms with Crippen LogP contribution in [0.3, 0.4) is 0 Å². The lowest BCUT2D eigenvalue weighted by Crippen LogP contribution is -2.29. The largest absolute Gasteiger partial charge is 0.493 e. The van der Waals surface area contributed by atoms with E-state index in [1.54, 1.807) is 0 Å². The summed E-state index contributed by atoms with van der Waals surface area (Å²) in [5.41, 5.74) is 8.09. The van der Waals surface area contributed by atoms with Crippen molar-refractivity contribution in [3.63, 3.8) is 0 Å². The molecule has 0 spiro atoms. The molecule has 0 saturated carbocycles. The van der Waals surface area contributed by atoms with Gasteiger partial charge in [-0.15, -0.1) is 0 Å². The number of ether oxygens (including phenoxy) is 1. The van der Waals surface area contributed by atoms with Crippen molar-refractivity contribution in [3.8, 4) is 5.75 Å². The van der Waals surface area contributed by atoms with E-state index in [1.165, 1.54) is 5.56 Å². The topological polar surface area (TPSA) is 35.2 Å². The van der Waals surface area contributed by atoms with Crippen LogP contribution in [-0.4, -0.2) is 6.61 Å². The predicted molar refractivity (Wildman–Crippen MR) is 60.6 cm³/mol. The summed E-state index contributed by atoms with van der Waals surface area (Å²) in [6.07, 6.45) is 0.984. The third-order valence-corrected chi connectivity index (χ3v) is 2.90. The Kier molecular flexibility index (Phi) is 2.32. The average Bonchev–Trinajstić information content (AvgIpc) is 2.47. The van der Waals surface area contributed by atoms with Crippen molar-refractivity contribution >= 4 is 15.9 Å². The minimum absolute atomic E-state index is 0.349. The molecule has 0 saturated heterocycles. The molecule has 1 aromatic carbocycles. The lowest BCUT2D eigenvalue weighted by atomic mass is 9.93. The van der Waals surface area contributed by atoms with Crippen molar-refractivity contribution < 1.29 is 4.74 Å². The van der Waals surface area contributed by atoms with Gasteiger partial charge >= 0.3 is 0 Å². The molecule has 2 nitrogen and oxygen atoms in total. The molecule has 0 fully saturated rings. The van der Waals surface area contributed by atoms with Gasteiger partial charge in [-0.05, 0) is 31.5 Å². The molecule has 1 heterocycles. The molecule has 0 bridgehead atoms. The van der Waals surface area contributed by atoms with Crippen LogP contribution in [0.4, 0.5) is 0 Å². The van der Waals surface area contributed by atoms with Crippen LogP contribution >= 0.6 is 15.9 Å². The molecule has 3 heteroatoms. The van der Waals surface area contributed by atoms with Crippen molar-refractivity contribution in [2.24, 2.45) is 5.73 Å². The number of rotatable bonds is 1. The van der Waals surface area contributed by atoms with Gasteiger partial charge in [-0.3, -0.25) is 0 Å². The Morgan fingerprint density at radius 2 is 2.14 bits per heavy atom. The molecule has 1 aliphatic rings. The number of halogens is 1. The van der Waals surface area contributed by atoms with Crippen LogP contribution in [0.5, 0.6) is 5.75 Å². The summed E-state index contributed by atoms with van der Waals surface area (Å²) in [4.78, 5) is 0. The fraction of sp³-hybridized carbons (Fsp3) is 0.455. The standard InChI is InChI=1S/C11H14BrNO/c1-11(2,13)9-6-8(12)5-7-3-4-14-10(7)9/h5-6H,3-4,13H2,1-2H3. The second kappa shape index (κ2) is 3.24. The van der Waals surface area contributed by atoms with Crippen LogP contribution in [0.1, 0.15) is 25.0 Å². The van der Waals surface area contributed by atoms with Crippen LogP contribution in [0.15, 0.2) is 16.6 Å². The highest BCUT2D eigenvalue weighted by molar-refractivity contribution is 9.10. The first-order valence-corrected chi connectivity index (χ1v) is 5.52. The molecule has 0 radical (unpaired) electrons. The van der Waals surface area contributed by atoms with Gasteiger partial charge in [0, 0.05) is 22.0 Å². The van der Waals surface area contributed by atoms with E-state index in [-0.39, 0.29) is 5.54 Å². The molecule has 0 aromatic heterocycles. The summed E-state index contributed by atoms with van der Waals surface area (Å²) >= 11 is 3.50. The lowest BCUT2D eigenvalue weighted by Gasteiger charge is -2.22. The molecule has 0 aliphatic carbocycles. The number of hydrogen-bond acceptors (Lipinski definition) is 2. The van der Waals surface area contributed by atoms with Gasteiger partial charge in [-0.25, -0.2) is 0 Å². The van der Waals surface area contributed by atoms with E-state index in [4.69, 9.17) is 10.5 Å². The Balaban J connectivity index is 2.60. The number of nitrogens with two attached hydrogens (primary N) is 1. The van der Waals surface area contributed by atoms with Gasteiger partial charge in [0.25, 0.3) is 0 Å². The van der Waals surface area contributed by atoms with Gasteiger partial charge in [0.2, 0.25) is 0 Å². The first kappa shape index (κ1) is 9.99. The minimum atomic E-state index is -0.349. The maximum absolute atomic E-state index is 6.10. The van der Waals surface area contributed by atoms with E-state index in [9.17, 15) is 0 Å². The quantitative estimate of drug-likeness (QED) is 0.838. The summed E-state index contributed by atoms with van der Waals surface area (Å²) in [5, 5.41) is 0. The second-order valence-electron chi connectivity index (χ2n) is 4.26. The monoisotopic (exact) mass is 255 g/mol. The molecule has 76 valence electrons. The highest BCUT2D eigenvalue weighted by Gasteiger charge is 2.25. The summed E-state index contributed by atoms with van der Waals surface area (Å²) in [6, 6.07) is 4.15. The highest BCUT2D eigenvalue weighted by atomic mass is 79.9.